The maximum atomic E-state index is 12.2. The van der Waals surface area contributed by atoms with Crippen molar-refractivity contribution in [3.05, 3.63) is 30.6 Å². The molecule has 3 heterocycles. The van der Waals surface area contributed by atoms with Crippen molar-refractivity contribution >= 4 is 17.8 Å². The Morgan fingerprint density at radius 2 is 1.79 bits per heavy atom. The highest BCUT2D eigenvalue weighted by molar-refractivity contribution is 5.95. The van der Waals surface area contributed by atoms with Crippen LogP contribution in [0.3, 0.4) is 0 Å². The van der Waals surface area contributed by atoms with Gasteiger partial charge in [-0.2, -0.15) is 0 Å². The number of anilines is 1. The Bertz CT molecular complexity index is 545. The number of nitrogens with zero attached hydrogens (tertiary/aromatic N) is 2. The molecule has 3 rings (SSSR count). The van der Waals surface area contributed by atoms with E-state index >= 15 is 0 Å². The normalized spacial score (nSPS) is 31.4. The van der Waals surface area contributed by atoms with Gasteiger partial charge in [-0.15, -0.1) is 0 Å². The van der Waals surface area contributed by atoms with E-state index in [9.17, 15) is 14.7 Å². The molecule has 0 aliphatic carbocycles. The first kappa shape index (κ1) is 11.8. The van der Waals surface area contributed by atoms with Crippen molar-refractivity contribution in [2.45, 2.75) is 12.2 Å². The van der Waals surface area contributed by atoms with Gasteiger partial charge < -0.3 is 9.84 Å². The zero-order valence-electron chi connectivity index (χ0n) is 9.76. The van der Waals surface area contributed by atoms with E-state index < -0.39 is 35.9 Å². The van der Waals surface area contributed by atoms with E-state index in [0.717, 1.165) is 0 Å². The lowest BCUT2D eigenvalue weighted by Gasteiger charge is -2.20. The van der Waals surface area contributed by atoms with Crippen molar-refractivity contribution in [2.75, 3.05) is 5.32 Å². The smallest absolute Gasteiger partial charge is 0.310 e. The average Bonchev–Trinajstić information content (AvgIpc) is 2.99. The monoisotopic (exact) mass is 261 g/mol. The number of carbonyl (C=O) groups excluding carboxylic acids is 1. The number of carbonyl (C=O) groups is 2. The van der Waals surface area contributed by atoms with Crippen LogP contribution in [0.1, 0.15) is 0 Å². The number of aliphatic carboxylic acids is 1. The van der Waals surface area contributed by atoms with Crippen molar-refractivity contribution in [3.8, 4) is 0 Å². The van der Waals surface area contributed by atoms with E-state index in [1.54, 1.807) is 18.2 Å². The molecule has 1 saturated heterocycles. The van der Waals surface area contributed by atoms with Gasteiger partial charge in [0.1, 0.15) is 5.92 Å². The molecular weight excluding hydrogens is 250 g/mol. The minimum atomic E-state index is -1.04. The summed E-state index contributed by atoms with van der Waals surface area (Å²) in [5, 5.41) is 11.7. The highest BCUT2D eigenvalue weighted by atomic mass is 16.5. The Hall–Kier alpha value is -2.28. The van der Waals surface area contributed by atoms with Gasteiger partial charge >= 0.3 is 5.97 Å². The van der Waals surface area contributed by atoms with E-state index in [1.807, 2.05) is 0 Å². The predicted octanol–water partition coefficient (Wildman–Crippen LogP) is 0.0693. The molecule has 2 bridgehead atoms. The molecule has 0 saturated carbocycles. The van der Waals surface area contributed by atoms with E-state index in [4.69, 9.17) is 4.74 Å². The number of hydrogen-bond donors (Lipinski definition) is 2. The van der Waals surface area contributed by atoms with Gasteiger partial charge in [-0.05, 0) is 6.07 Å². The number of fused-ring (bicyclic) bond motifs is 2. The van der Waals surface area contributed by atoms with Crippen LogP contribution in [0.15, 0.2) is 30.6 Å². The van der Waals surface area contributed by atoms with Crippen LogP contribution in [-0.2, 0) is 14.3 Å². The number of carboxylic acid groups (broad SMARTS) is 1. The minimum absolute atomic E-state index is 0.156. The van der Waals surface area contributed by atoms with Crippen molar-refractivity contribution in [3.63, 3.8) is 0 Å². The Morgan fingerprint density at radius 3 is 2.42 bits per heavy atom. The third-order valence-electron chi connectivity index (χ3n) is 3.29. The van der Waals surface area contributed by atoms with Crippen molar-refractivity contribution in [1.29, 1.82) is 0 Å². The van der Waals surface area contributed by atoms with Gasteiger partial charge in [0.15, 0.2) is 0 Å². The number of aromatic nitrogens is 2. The zero-order chi connectivity index (χ0) is 13.4. The topological polar surface area (TPSA) is 101 Å². The van der Waals surface area contributed by atoms with Crippen molar-refractivity contribution in [2.24, 2.45) is 11.8 Å². The Labute approximate surface area is 108 Å². The molecule has 1 aromatic heterocycles. The predicted molar refractivity (Wildman–Crippen MR) is 63.1 cm³/mol. The second kappa shape index (κ2) is 4.43. The number of nitrogens with one attached hydrogen (secondary N) is 1. The summed E-state index contributed by atoms with van der Waals surface area (Å²) in [6, 6.07) is 1.62. The Morgan fingerprint density at radius 1 is 1.16 bits per heavy atom. The molecule has 7 nitrogen and oxygen atoms in total. The third kappa shape index (κ3) is 1.97. The van der Waals surface area contributed by atoms with Gasteiger partial charge in [-0.25, -0.2) is 9.97 Å². The van der Waals surface area contributed by atoms with Crippen LogP contribution in [0, 0.1) is 11.8 Å². The second-order valence-electron chi connectivity index (χ2n) is 4.40. The summed E-state index contributed by atoms with van der Waals surface area (Å²) in [5.74, 6) is -2.93. The quantitative estimate of drug-likeness (QED) is 0.746. The van der Waals surface area contributed by atoms with Crippen LogP contribution in [0.2, 0.25) is 0 Å². The molecule has 1 fully saturated rings. The Kier molecular flexibility index (Phi) is 2.75. The molecule has 0 aromatic carbocycles. The van der Waals surface area contributed by atoms with E-state index in [0.29, 0.717) is 0 Å². The van der Waals surface area contributed by atoms with Crippen LogP contribution in [-0.4, -0.2) is 39.2 Å². The number of rotatable bonds is 3. The number of carboxylic acids is 1. The van der Waals surface area contributed by atoms with Gasteiger partial charge in [-0.1, -0.05) is 12.2 Å². The van der Waals surface area contributed by atoms with E-state index in [-0.39, 0.29) is 5.95 Å². The molecule has 7 heteroatoms. The fourth-order valence-electron chi connectivity index (χ4n) is 2.47. The Balaban J connectivity index is 1.79. The second-order valence-corrected chi connectivity index (χ2v) is 4.40. The minimum Gasteiger partial charge on any atom is -0.481 e. The first-order valence-corrected chi connectivity index (χ1v) is 5.81. The van der Waals surface area contributed by atoms with E-state index in [1.165, 1.54) is 12.4 Å². The zero-order valence-corrected chi connectivity index (χ0v) is 9.76. The number of ether oxygens (including phenoxy) is 1. The van der Waals surface area contributed by atoms with Gasteiger partial charge in [0.25, 0.3) is 0 Å². The molecule has 0 spiro atoms. The first-order chi connectivity index (χ1) is 9.16. The summed E-state index contributed by atoms with van der Waals surface area (Å²) in [7, 11) is 0. The lowest BCUT2D eigenvalue weighted by molar-refractivity contribution is -0.145. The van der Waals surface area contributed by atoms with E-state index in [2.05, 4.69) is 15.3 Å². The highest BCUT2D eigenvalue weighted by Gasteiger charge is 2.53. The lowest BCUT2D eigenvalue weighted by atomic mass is 9.82. The van der Waals surface area contributed by atoms with Crippen LogP contribution < -0.4 is 5.32 Å². The summed E-state index contributed by atoms with van der Waals surface area (Å²) in [6.45, 7) is 0. The highest BCUT2D eigenvalue weighted by Crippen LogP contribution is 2.39. The largest absolute Gasteiger partial charge is 0.481 e. The van der Waals surface area contributed by atoms with Gasteiger partial charge in [0.2, 0.25) is 11.9 Å². The maximum Gasteiger partial charge on any atom is 0.310 e. The number of hydrogen-bond acceptors (Lipinski definition) is 5. The molecule has 0 unspecified atom stereocenters. The third-order valence-corrected chi connectivity index (χ3v) is 3.29. The van der Waals surface area contributed by atoms with Crippen LogP contribution in [0.4, 0.5) is 5.95 Å². The average molecular weight is 261 g/mol. The summed E-state index contributed by atoms with van der Waals surface area (Å²) < 4.78 is 5.42. The first-order valence-electron chi connectivity index (χ1n) is 5.81. The van der Waals surface area contributed by atoms with Gasteiger partial charge in [0.05, 0.1) is 18.1 Å². The van der Waals surface area contributed by atoms with Gasteiger partial charge in [0, 0.05) is 12.4 Å². The maximum absolute atomic E-state index is 12.2. The van der Waals surface area contributed by atoms with Gasteiger partial charge in [-0.3, -0.25) is 14.9 Å². The summed E-state index contributed by atoms with van der Waals surface area (Å²) >= 11 is 0. The molecule has 98 valence electrons. The molecule has 4 atom stereocenters. The summed E-state index contributed by atoms with van der Waals surface area (Å²) in [4.78, 5) is 31.1. The molecule has 0 radical (unpaired) electrons. The SMILES string of the molecule is O=C(O)[C@H]1[C@H](C(=O)Nc2ncccn2)[C@H]2C=C[C@H]1O2. The molecule has 2 aliphatic rings. The molecule has 1 amide bonds. The van der Waals surface area contributed by atoms with Crippen molar-refractivity contribution < 1.29 is 19.4 Å². The van der Waals surface area contributed by atoms with Crippen LogP contribution >= 0.6 is 0 Å². The lowest BCUT2D eigenvalue weighted by Crippen LogP contribution is -2.39. The molecular formula is C12H11N3O4. The molecule has 19 heavy (non-hydrogen) atoms. The van der Waals surface area contributed by atoms with Crippen LogP contribution in [0.25, 0.3) is 0 Å². The molecule has 2 N–H and O–H groups in total. The molecule has 2 aliphatic heterocycles. The molecule has 1 aromatic rings. The number of amides is 1. The fraction of sp³-hybridized carbons (Fsp3) is 0.333. The van der Waals surface area contributed by atoms with Crippen molar-refractivity contribution in [1.82, 2.24) is 9.97 Å². The summed E-state index contributed by atoms with van der Waals surface area (Å²) in [6.07, 6.45) is 5.37. The standard InChI is InChI=1S/C12H11N3O4/c16-10(15-12-13-4-1-5-14-12)8-6-2-3-7(19-6)9(8)11(17)18/h1-9H,(H,17,18)(H,13,14,15,16)/t6-,7-,8-,9-/m1/s1. The van der Waals surface area contributed by atoms with Crippen LogP contribution in [0.5, 0.6) is 0 Å². The fourth-order valence-corrected chi connectivity index (χ4v) is 2.47. The summed E-state index contributed by atoms with van der Waals surface area (Å²) in [5.41, 5.74) is 0.